The Hall–Kier alpha value is -2.40. The van der Waals surface area contributed by atoms with E-state index in [1.807, 2.05) is 38.1 Å². The van der Waals surface area contributed by atoms with Gasteiger partial charge in [-0.1, -0.05) is 11.6 Å². The van der Waals surface area contributed by atoms with E-state index in [1.165, 1.54) is 13.5 Å². The van der Waals surface area contributed by atoms with Gasteiger partial charge in [0.15, 0.2) is 6.40 Å². The Bertz CT molecular complexity index is 789. The van der Waals surface area contributed by atoms with Gasteiger partial charge < -0.3 is 9.64 Å². The summed E-state index contributed by atoms with van der Waals surface area (Å²) in [7, 11) is 5.44. The molecule has 0 atom stereocenters. The van der Waals surface area contributed by atoms with Crippen LogP contribution >= 0.6 is 11.6 Å². The van der Waals surface area contributed by atoms with Crippen LogP contribution in [0.25, 0.3) is 0 Å². The first kappa shape index (κ1) is 17.9. The number of carbonyl (C=O) groups is 1. The molecule has 1 aliphatic carbocycles. The second-order valence-electron chi connectivity index (χ2n) is 5.63. The Morgan fingerprint density at radius 1 is 1.25 bits per heavy atom. The van der Waals surface area contributed by atoms with Crippen LogP contribution in [0.2, 0.25) is 0 Å². The number of rotatable bonds is 4. The number of aliphatic imine (C=N–C) groups is 2. The van der Waals surface area contributed by atoms with Gasteiger partial charge in [-0.05, 0) is 49.3 Å². The molecule has 0 bridgehead atoms. The van der Waals surface area contributed by atoms with Gasteiger partial charge in [0.05, 0.1) is 23.5 Å². The highest BCUT2D eigenvalue weighted by atomic mass is 35.5. The molecule has 0 saturated carbocycles. The molecule has 0 heterocycles. The van der Waals surface area contributed by atoms with E-state index >= 15 is 0 Å². The molecule has 2 rings (SSSR count). The smallest absolute Gasteiger partial charge is 0.223 e. The topological polar surface area (TPSA) is 54.3 Å². The number of anilines is 1. The number of hydrogen-bond acceptors (Lipinski definition) is 5. The predicted molar refractivity (Wildman–Crippen MR) is 99.7 cm³/mol. The van der Waals surface area contributed by atoms with E-state index < -0.39 is 0 Å². The standard InChI is InChI=1S/C18H20ClN3O2/c1-11-8-13(22(3)4)6-7-14(11)21-15-9-16(20-10-24-5)18(23)17(19)12(15)2/h6-10H,1-5H3. The number of halogens is 1. The molecule has 1 aromatic rings. The lowest BCUT2D eigenvalue weighted by atomic mass is 10.0. The Labute approximate surface area is 147 Å². The molecule has 126 valence electrons. The van der Waals surface area contributed by atoms with Gasteiger partial charge >= 0.3 is 0 Å². The number of nitrogens with zero attached hydrogens (tertiary/aromatic N) is 3. The van der Waals surface area contributed by atoms with Crippen molar-refractivity contribution >= 4 is 40.9 Å². The maximum Gasteiger partial charge on any atom is 0.223 e. The van der Waals surface area contributed by atoms with Crippen molar-refractivity contribution in [3.63, 3.8) is 0 Å². The van der Waals surface area contributed by atoms with Crippen LogP contribution in [0.15, 0.2) is 50.6 Å². The molecule has 0 unspecified atom stereocenters. The number of aryl methyl sites for hydroxylation is 1. The van der Waals surface area contributed by atoms with Crippen LogP contribution in [0.3, 0.4) is 0 Å². The van der Waals surface area contributed by atoms with Crippen molar-refractivity contribution < 1.29 is 9.53 Å². The molecule has 0 radical (unpaired) electrons. The van der Waals surface area contributed by atoms with Crippen molar-refractivity contribution in [1.82, 2.24) is 0 Å². The summed E-state index contributed by atoms with van der Waals surface area (Å²) in [6, 6.07) is 6.00. The number of ether oxygens (including phenoxy) is 1. The van der Waals surface area contributed by atoms with Gasteiger partial charge in [0.2, 0.25) is 5.78 Å². The average molecular weight is 346 g/mol. The highest BCUT2D eigenvalue weighted by molar-refractivity contribution is 6.49. The minimum Gasteiger partial charge on any atom is -0.486 e. The first-order chi connectivity index (χ1) is 11.3. The van der Waals surface area contributed by atoms with Gasteiger partial charge in [-0.3, -0.25) is 4.79 Å². The highest BCUT2D eigenvalue weighted by Gasteiger charge is 2.23. The second kappa shape index (κ2) is 7.45. The van der Waals surface area contributed by atoms with Crippen molar-refractivity contribution in [2.45, 2.75) is 13.8 Å². The van der Waals surface area contributed by atoms with E-state index in [0.29, 0.717) is 11.3 Å². The summed E-state index contributed by atoms with van der Waals surface area (Å²) in [4.78, 5) is 22.8. The Morgan fingerprint density at radius 3 is 2.54 bits per heavy atom. The molecular formula is C18H20ClN3O2. The second-order valence-corrected chi connectivity index (χ2v) is 6.01. The van der Waals surface area contributed by atoms with Crippen molar-refractivity contribution in [2.24, 2.45) is 9.98 Å². The molecule has 0 saturated heterocycles. The normalized spacial score (nSPS) is 16.8. The quantitative estimate of drug-likeness (QED) is 0.474. The van der Waals surface area contributed by atoms with Crippen molar-refractivity contribution in [3.05, 3.63) is 46.1 Å². The first-order valence-corrected chi connectivity index (χ1v) is 7.78. The third-order valence-electron chi connectivity index (χ3n) is 3.65. The third kappa shape index (κ3) is 3.74. The molecular weight excluding hydrogens is 326 g/mol. The zero-order valence-corrected chi connectivity index (χ0v) is 15.2. The van der Waals surface area contributed by atoms with E-state index in [4.69, 9.17) is 16.3 Å². The molecule has 0 spiro atoms. The number of carbonyl (C=O) groups excluding carboxylic acids is 1. The zero-order valence-electron chi connectivity index (χ0n) is 14.4. The Balaban J connectivity index is 2.48. The number of Topliss-reactive ketones (excluding diaryl/α,β-unsaturated/α-hetero) is 1. The van der Waals surface area contributed by atoms with Crippen molar-refractivity contribution in [2.75, 3.05) is 26.1 Å². The van der Waals surface area contributed by atoms with Crippen molar-refractivity contribution in [1.29, 1.82) is 0 Å². The highest BCUT2D eigenvalue weighted by Crippen LogP contribution is 2.28. The minimum absolute atomic E-state index is 0.127. The van der Waals surface area contributed by atoms with E-state index in [-0.39, 0.29) is 16.5 Å². The van der Waals surface area contributed by atoms with E-state index in [2.05, 4.69) is 16.1 Å². The van der Waals surface area contributed by atoms with E-state index in [1.54, 1.807) is 13.0 Å². The maximum atomic E-state index is 12.1. The number of methoxy groups -OCH3 is 1. The van der Waals surface area contributed by atoms with Crippen LogP contribution in [0, 0.1) is 6.92 Å². The monoisotopic (exact) mass is 345 g/mol. The van der Waals surface area contributed by atoms with Crippen LogP contribution in [0.1, 0.15) is 12.5 Å². The largest absolute Gasteiger partial charge is 0.486 e. The van der Waals surface area contributed by atoms with Gasteiger partial charge in [-0.2, -0.15) is 0 Å². The summed E-state index contributed by atoms with van der Waals surface area (Å²) >= 11 is 6.15. The summed E-state index contributed by atoms with van der Waals surface area (Å²) in [6.45, 7) is 3.77. The predicted octanol–water partition coefficient (Wildman–Crippen LogP) is 3.79. The molecule has 24 heavy (non-hydrogen) atoms. The van der Waals surface area contributed by atoms with Crippen LogP contribution in [-0.4, -0.2) is 39.1 Å². The number of benzene rings is 1. The lowest BCUT2D eigenvalue weighted by molar-refractivity contribution is -0.111. The molecule has 1 aromatic carbocycles. The van der Waals surface area contributed by atoms with E-state index in [9.17, 15) is 4.79 Å². The van der Waals surface area contributed by atoms with Crippen molar-refractivity contribution in [3.8, 4) is 0 Å². The lowest BCUT2D eigenvalue weighted by Gasteiger charge is -2.15. The summed E-state index contributed by atoms with van der Waals surface area (Å²) in [5.74, 6) is -0.332. The minimum atomic E-state index is -0.332. The third-order valence-corrected chi connectivity index (χ3v) is 4.11. The van der Waals surface area contributed by atoms with Gasteiger partial charge in [0.25, 0.3) is 0 Å². The fraction of sp³-hybridized carbons (Fsp3) is 0.278. The van der Waals surface area contributed by atoms with E-state index in [0.717, 1.165) is 16.9 Å². The molecule has 0 aliphatic heterocycles. The van der Waals surface area contributed by atoms with Gasteiger partial charge in [-0.25, -0.2) is 9.98 Å². The first-order valence-electron chi connectivity index (χ1n) is 7.40. The van der Waals surface area contributed by atoms with Gasteiger partial charge in [-0.15, -0.1) is 0 Å². The van der Waals surface area contributed by atoms with Crippen LogP contribution < -0.4 is 4.90 Å². The Morgan fingerprint density at radius 2 is 1.96 bits per heavy atom. The Kier molecular flexibility index (Phi) is 5.57. The van der Waals surface area contributed by atoms with Crippen LogP contribution in [-0.2, 0) is 9.53 Å². The SMILES string of the molecule is COC=NC1=CC(=Nc2ccc(N(C)C)cc2C)C(C)=C(Cl)C1=O. The summed E-state index contributed by atoms with van der Waals surface area (Å²) in [6.07, 6.45) is 2.82. The molecule has 0 N–H and O–H groups in total. The fourth-order valence-electron chi connectivity index (χ4n) is 2.19. The summed E-state index contributed by atoms with van der Waals surface area (Å²) < 4.78 is 4.77. The maximum absolute atomic E-state index is 12.1. The molecule has 1 aliphatic rings. The lowest BCUT2D eigenvalue weighted by Crippen LogP contribution is -2.15. The van der Waals surface area contributed by atoms with Crippen LogP contribution in [0.4, 0.5) is 11.4 Å². The zero-order chi connectivity index (χ0) is 17.9. The van der Waals surface area contributed by atoms with Crippen LogP contribution in [0.5, 0.6) is 0 Å². The summed E-state index contributed by atoms with van der Waals surface area (Å²) in [5, 5.41) is 0.127. The molecule has 0 fully saturated rings. The average Bonchev–Trinajstić information content (AvgIpc) is 2.55. The number of allylic oxidation sites excluding steroid dienone is 3. The molecule has 6 heteroatoms. The van der Waals surface area contributed by atoms with Gasteiger partial charge in [0, 0.05) is 19.8 Å². The summed E-state index contributed by atoms with van der Waals surface area (Å²) in [5.41, 5.74) is 4.40. The molecule has 0 aromatic heterocycles. The molecule has 0 amide bonds. The number of hydrogen-bond donors (Lipinski definition) is 0. The molecule has 5 nitrogen and oxygen atoms in total. The fourth-order valence-corrected chi connectivity index (χ4v) is 2.39. The van der Waals surface area contributed by atoms with Gasteiger partial charge in [0.1, 0.15) is 5.70 Å². The number of ketones is 1.